The molecule has 0 bridgehead atoms. The quantitative estimate of drug-likeness (QED) is 0.228. The van der Waals surface area contributed by atoms with Gasteiger partial charge in [0.25, 0.3) is 0 Å². The van der Waals surface area contributed by atoms with Crippen LogP contribution in [0.1, 0.15) is 38.4 Å². The standard InChI is InChI=1S/C18H31N3O3.HI/c1-2-9-19-18(21-11-8-16-6-3-13-23-16)20-10-5-12-22-15-17-7-4-14-24-17;/h3,6,13,17H,2,4-5,7-12,14-15H2,1H3,(H2,19,20,21);1H. The van der Waals surface area contributed by atoms with Crippen molar-refractivity contribution in [3.05, 3.63) is 24.2 Å². The molecular weight excluding hydrogens is 433 g/mol. The molecule has 1 unspecified atom stereocenters. The first-order valence-electron chi connectivity index (χ1n) is 9.12. The highest BCUT2D eigenvalue weighted by Gasteiger charge is 2.14. The summed E-state index contributed by atoms with van der Waals surface area (Å²) in [4.78, 5) is 4.54. The number of halogens is 1. The Hall–Kier alpha value is -0.800. The van der Waals surface area contributed by atoms with E-state index in [0.717, 1.165) is 83.3 Å². The number of aliphatic imine (C=N–C) groups is 1. The molecule has 2 heterocycles. The highest BCUT2D eigenvalue weighted by molar-refractivity contribution is 14.0. The molecule has 1 atom stereocenters. The summed E-state index contributed by atoms with van der Waals surface area (Å²) in [6.45, 7) is 6.96. The van der Waals surface area contributed by atoms with Crippen LogP contribution in [-0.2, 0) is 15.9 Å². The van der Waals surface area contributed by atoms with Crippen LogP contribution in [0.25, 0.3) is 0 Å². The van der Waals surface area contributed by atoms with E-state index in [9.17, 15) is 0 Å². The van der Waals surface area contributed by atoms with Gasteiger partial charge in [0.1, 0.15) is 5.76 Å². The van der Waals surface area contributed by atoms with Crippen LogP contribution in [-0.4, -0.2) is 51.5 Å². The van der Waals surface area contributed by atoms with Gasteiger partial charge in [-0.15, -0.1) is 24.0 Å². The molecule has 0 amide bonds. The van der Waals surface area contributed by atoms with Crippen LogP contribution in [0.4, 0.5) is 0 Å². The third kappa shape index (κ3) is 10.1. The lowest BCUT2D eigenvalue weighted by Crippen LogP contribution is -2.39. The first-order chi connectivity index (χ1) is 11.9. The number of hydrogen-bond donors (Lipinski definition) is 2. The van der Waals surface area contributed by atoms with Gasteiger partial charge >= 0.3 is 0 Å². The topological polar surface area (TPSA) is 68.0 Å². The molecule has 0 aliphatic carbocycles. The Labute approximate surface area is 168 Å². The number of nitrogens with one attached hydrogen (secondary N) is 2. The highest BCUT2D eigenvalue weighted by atomic mass is 127. The van der Waals surface area contributed by atoms with Crippen LogP contribution >= 0.6 is 24.0 Å². The van der Waals surface area contributed by atoms with Gasteiger partial charge in [-0.2, -0.15) is 0 Å². The van der Waals surface area contributed by atoms with Crippen molar-refractivity contribution in [3.8, 4) is 0 Å². The van der Waals surface area contributed by atoms with E-state index >= 15 is 0 Å². The van der Waals surface area contributed by atoms with Crippen molar-refractivity contribution in [1.82, 2.24) is 10.6 Å². The lowest BCUT2D eigenvalue weighted by atomic mass is 10.2. The molecule has 1 fully saturated rings. The highest BCUT2D eigenvalue weighted by Crippen LogP contribution is 2.11. The van der Waals surface area contributed by atoms with E-state index < -0.39 is 0 Å². The fraction of sp³-hybridized carbons (Fsp3) is 0.722. The lowest BCUT2D eigenvalue weighted by molar-refractivity contribution is 0.0168. The molecule has 1 aliphatic heterocycles. The van der Waals surface area contributed by atoms with Gasteiger partial charge in [0.2, 0.25) is 0 Å². The summed E-state index contributed by atoms with van der Waals surface area (Å²) in [5.74, 6) is 1.85. The monoisotopic (exact) mass is 465 g/mol. The van der Waals surface area contributed by atoms with Crippen molar-refractivity contribution in [1.29, 1.82) is 0 Å². The minimum absolute atomic E-state index is 0. The predicted molar refractivity (Wildman–Crippen MR) is 111 cm³/mol. The van der Waals surface area contributed by atoms with E-state index in [-0.39, 0.29) is 24.0 Å². The maximum Gasteiger partial charge on any atom is 0.191 e. The Balaban J connectivity index is 0.00000312. The van der Waals surface area contributed by atoms with Gasteiger partial charge < -0.3 is 24.5 Å². The minimum atomic E-state index is 0. The van der Waals surface area contributed by atoms with E-state index in [2.05, 4.69) is 22.5 Å². The normalized spacial score (nSPS) is 17.3. The molecule has 1 aromatic rings. The van der Waals surface area contributed by atoms with Gasteiger partial charge in [0.15, 0.2) is 5.96 Å². The first-order valence-corrected chi connectivity index (χ1v) is 9.12. The summed E-state index contributed by atoms with van der Waals surface area (Å²) in [5.41, 5.74) is 0. The van der Waals surface area contributed by atoms with Crippen LogP contribution < -0.4 is 10.6 Å². The van der Waals surface area contributed by atoms with Crippen LogP contribution in [0.15, 0.2) is 27.8 Å². The molecule has 25 heavy (non-hydrogen) atoms. The van der Waals surface area contributed by atoms with Crippen molar-refractivity contribution < 1.29 is 13.9 Å². The van der Waals surface area contributed by atoms with Crippen LogP contribution in [0.5, 0.6) is 0 Å². The molecule has 1 aliphatic rings. The zero-order chi connectivity index (χ0) is 16.9. The van der Waals surface area contributed by atoms with E-state index in [1.807, 2.05) is 12.1 Å². The van der Waals surface area contributed by atoms with Crippen molar-refractivity contribution in [2.45, 2.75) is 45.1 Å². The Bertz CT molecular complexity index is 448. The number of furan rings is 1. The van der Waals surface area contributed by atoms with E-state index in [1.165, 1.54) is 0 Å². The number of guanidine groups is 1. The summed E-state index contributed by atoms with van der Waals surface area (Å²) in [5, 5.41) is 6.71. The van der Waals surface area contributed by atoms with E-state index in [1.54, 1.807) is 6.26 Å². The number of ether oxygens (including phenoxy) is 2. The summed E-state index contributed by atoms with van der Waals surface area (Å²) >= 11 is 0. The summed E-state index contributed by atoms with van der Waals surface area (Å²) in [6, 6.07) is 3.90. The second-order valence-electron chi connectivity index (χ2n) is 5.98. The first kappa shape index (κ1) is 22.2. The van der Waals surface area contributed by atoms with Gasteiger partial charge in [0.05, 0.1) is 19.0 Å². The zero-order valence-electron chi connectivity index (χ0n) is 15.2. The average molecular weight is 465 g/mol. The maximum absolute atomic E-state index is 5.67. The third-order valence-corrected chi connectivity index (χ3v) is 3.82. The number of rotatable bonds is 11. The van der Waals surface area contributed by atoms with Gasteiger partial charge in [0, 0.05) is 39.3 Å². The zero-order valence-corrected chi connectivity index (χ0v) is 17.5. The Morgan fingerprint density at radius 2 is 2.24 bits per heavy atom. The molecule has 1 aromatic heterocycles. The largest absolute Gasteiger partial charge is 0.469 e. The number of hydrogen-bond acceptors (Lipinski definition) is 4. The summed E-state index contributed by atoms with van der Waals surface area (Å²) < 4.78 is 16.5. The predicted octanol–water partition coefficient (Wildman–Crippen LogP) is 2.97. The Morgan fingerprint density at radius 3 is 2.96 bits per heavy atom. The summed E-state index contributed by atoms with van der Waals surface area (Å²) in [7, 11) is 0. The summed E-state index contributed by atoms with van der Waals surface area (Å²) in [6.07, 6.45) is 7.15. The molecule has 0 aromatic carbocycles. The molecule has 6 nitrogen and oxygen atoms in total. The smallest absolute Gasteiger partial charge is 0.191 e. The Kier molecular flexibility index (Phi) is 12.8. The number of nitrogens with zero attached hydrogens (tertiary/aromatic N) is 1. The Morgan fingerprint density at radius 1 is 1.36 bits per heavy atom. The fourth-order valence-electron chi connectivity index (χ4n) is 2.53. The van der Waals surface area contributed by atoms with Crippen molar-refractivity contribution in [2.75, 3.05) is 39.5 Å². The molecule has 144 valence electrons. The molecule has 2 N–H and O–H groups in total. The van der Waals surface area contributed by atoms with Crippen LogP contribution in [0.2, 0.25) is 0 Å². The average Bonchev–Trinajstić information content (AvgIpc) is 3.28. The van der Waals surface area contributed by atoms with Gasteiger partial charge in [-0.3, -0.25) is 4.99 Å². The second kappa shape index (κ2) is 14.4. The molecule has 0 saturated carbocycles. The van der Waals surface area contributed by atoms with E-state index in [0.29, 0.717) is 6.10 Å². The van der Waals surface area contributed by atoms with Crippen molar-refractivity contribution >= 4 is 29.9 Å². The lowest BCUT2D eigenvalue weighted by Gasteiger charge is -2.13. The minimum Gasteiger partial charge on any atom is -0.469 e. The SMILES string of the molecule is CCCN=C(NCCCOCC1CCCO1)NCCc1ccco1.I. The second-order valence-corrected chi connectivity index (χ2v) is 5.98. The molecule has 0 spiro atoms. The fourth-order valence-corrected chi connectivity index (χ4v) is 2.53. The third-order valence-electron chi connectivity index (χ3n) is 3.82. The maximum atomic E-state index is 5.67. The molecule has 0 radical (unpaired) electrons. The van der Waals surface area contributed by atoms with Crippen molar-refractivity contribution in [2.24, 2.45) is 4.99 Å². The van der Waals surface area contributed by atoms with Gasteiger partial charge in [-0.25, -0.2) is 0 Å². The molecular formula is C18H32IN3O3. The molecule has 1 saturated heterocycles. The van der Waals surface area contributed by atoms with E-state index in [4.69, 9.17) is 13.9 Å². The molecule has 2 rings (SSSR count). The van der Waals surface area contributed by atoms with Crippen LogP contribution in [0.3, 0.4) is 0 Å². The van der Waals surface area contributed by atoms with Gasteiger partial charge in [-0.1, -0.05) is 6.92 Å². The van der Waals surface area contributed by atoms with Gasteiger partial charge in [-0.05, 0) is 37.8 Å². The van der Waals surface area contributed by atoms with Crippen molar-refractivity contribution in [3.63, 3.8) is 0 Å². The van der Waals surface area contributed by atoms with Crippen LogP contribution in [0, 0.1) is 0 Å². The molecule has 7 heteroatoms.